The molecule has 0 saturated carbocycles. The van der Waals surface area contributed by atoms with E-state index in [1.807, 2.05) is 12.1 Å². The van der Waals surface area contributed by atoms with Crippen LogP contribution in [0.25, 0.3) is 0 Å². The van der Waals surface area contributed by atoms with E-state index in [-0.39, 0.29) is 6.61 Å². The summed E-state index contributed by atoms with van der Waals surface area (Å²) in [6, 6.07) is 8.94. The number of aliphatic hydroxyl groups excluding tert-OH is 1. The Labute approximate surface area is 115 Å². The number of aliphatic hydroxyl groups is 1. The predicted molar refractivity (Wildman–Crippen MR) is 77.8 cm³/mol. The second-order valence-electron chi connectivity index (χ2n) is 5.22. The average molecular weight is 258 g/mol. The highest BCUT2D eigenvalue weighted by Gasteiger charge is 2.20. The van der Waals surface area contributed by atoms with Gasteiger partial charge in [0.15, 0.2) is 0 Å². The first-order valence-corrected chi connectivity index (χ1v) is 6.80. The minimum absolute atomic E-state index is 0.0824. The van der Waals surface area contributed by atoms with Crippen LogP contribution in [0.2, 0.25) is 0 Å². The number of rotatable bonds is 2. The van der Waals surface area contributed by atoms with Crippen LogP contribution >= 0.6 is 0 Å². The van der Waals surface area contributed by atoms with E-state index in [1.165, 1.54) is 5.56 Å². The molecule has 1 fully saturated rings. The summed E-state index contributed by atoms with van der Waals surface area (Å²) in [6.45, 7) is 6.60. The van der Waals surface area contributed by atoms with Crippen molar-refractivity contribution in [1.82, 2.24) is 9.80 Å². The van der Waals surface area contributed by atoms with E-state index >= 15 is 0 Å². The molecule has 1 aromatic carbocycles. The van der Waals surface area contributed by atoms with Crippen LogP contribution in [0.3, 0.4) is 0 Å². The fourth-order valence-electron chi connectivity index (χ4n) is 2.36. The largest absolute Gasteiger partial charge is 0.384 e. The third-order valence-electron chi connectivity index (χ3n) is 3.72. The van der Waals surface area contributed by atoms with Crippen molar-refractivity contribution < 1.29 is 5.11 Å². The molecule has 1 atom stereocenters. The standard InChI is InChI=1S/C16H22N2O/c1-14-12-18(10-9-17(14)2)13-16-7-5-15(6-8-16)4-3-11-19/h5-8,14,19H,9-13H2,1-2H3. The Balaban J connectivity index is 1.92. The van der Waals surface area contributed by atoms with Gasteiger partial charge in [0.2, 0.25) is 0 Å². The number of hydrogen-bond donors (Lipinski definition) is 1. The first-order chi connectivity index (χ1) is 9.19. The van der Waals surface area contributed by atoms with Crippen molar-refractivity contribution in [3.8, 4) is 11.8 Å². The van der Waals surface area contributed by atoms with E-state index < -0.39 is 0 Å². The molecule has 0 amide bonds. The SMILES string of the molecule is CC1CN(Cc2ccc(C#CCO)cc2)CCN1C. The van der Waals surface area contributed by atoms with Crippen molar-refractivity contribution in [2.75, 3.05) is 33.3 Å². The van der Waals surface area contributed by atoms with Gasteiger partial charge in [-0.25, -0.2) is 0 Å². The van der Waals surface area contributed by atoms with Gasteiger partial charge < -0.3 is 10.0 Å². The van der Waals surface area contributed by atoms with Gasteiger partial charge >= 0.3 is 0 Å². The smallest absolute Gasteiger partial charge is 0.104 e. The van der Waals surface area contributed by atoms with E-state index in [1.54, 1.807) is 0 Å². The lowest BCUT2D eigenvalue weighted by Crippen LogP contribution is -2.49. The molecular weight excluding hydrogens is 236 g/mol. The van der Waals surface area contributed by atoms with Gasteiger partial charge in [0.25, 0.3) is 0 Å². The van der Waals surface area contributed by atoms with Crippen molar-refractivity contribution in [1.29, 1.82) is 0 Å². The van der Waals surface area contributed by atoms with Crippen LogP contribution in [0.5, 0.6) is 0 Å². The van der Waals surface area contributed by atoms with Crippen LogP contribution in [-0.4, -0.2) is 54.2 Å². The molecule has 102 valence electrons. The van der Waals surface area contributed by atoms with Gasteiger partial charge in [0.1, 0.15) is 6.61 Å². The Hall–Kier alpha value is -1.34. The zero-order valence-electron chi connectivity index (χ0n) is 11.8. The molecule has 2 rings (SSSR count). The van der Waals surface area contributed by atoms with Crippen molar-refractivity contribution in [2.24, 2.45) is 0 Å². The monoisotopic (exact) mass is 258 g/mol. The highest BCUT2D eigenvalue weighted by Crippen LogP contribution is 2.12. The summed E-state index contributed by atoms with van der Waals surface area (Å²) in [5.74, 6) is 5.58. The molecule has 1 saturated heterocycles. The second-order valence-corrected chi connectivity index (χ2v) is 5.22. The molecule has 1 aliphatic rings. The molecule has 19 heavy (non-hydrogen) atoms. The molecule has 1 N–H and O–H groups in total. The minimum Gasteiger partial charge on any atom is -0.384 e. The Morgan fingerprint density at radius 1 is 1.26 bits per heavy atom. The maximum absolute atomic E-state index is 8.66. The lowest BCUT2D eigenvalue weighted by atomic mass is 10.1. The molecule has 1 aliphatic heterocycles. The van der Waals surface area contributed by atoms with Crippen molar-refractivity contribution in [3.63, 3.8) is 0 Å². The number of benzene rings is 1. The zero-order chi connectivity index (χ0) is 13.7. The minimum atomic E-state index is -0.0824. The van der Waals surface area contributed by atoms with Gasteiger partial charge in [-0.15, -0.1) is 0 Å². The van der Waals surface area contributed by atoms with Crippen LogP contribution in [0, 0.1) is 11.8 Å². The first kappa shape index (κ1) is 14.1. The van der Waals surface area contributed by atoms with Gasteiger partial charge in [-0.3, -0.25) is 4.90 Å². The van der Waals surface area contributed by atoms with E-state index in [0.29, 0.717) is 6.04 Å². The summed E-state index contributed by atoms with van der Waals surface area (Å²) in [5.41, 5.74) is 2.29. The average Bonchev–Trinajstić information content (AvgIpc) is 2.42. The molecule has 0 spiro atoms. The Morgan fingerprint density at radius 3 is 2.63 bits per heavy atom. The molecule has 0 aromatic heterocycles. The molecule has 3 nitrogen and oxygen atoms in total. The third-order valence-corrected chi connectivity index (χ3v) is 3.72. The van der Waals surface area contributed by atoms with Crippen LogP contribution in [-0.2, 0) is 6.54 Å². The van der Waals surface area contributed by atoms with Crippen molar-refractivity contribution >= 4 is 0 Å². The molecule has 1 aromatic rings. The summed E-state index contributed by atoms with van der Waals surface area (Å²) in [4.78, 5) is 4.91. The molecule has 3 heteroatoms. The van der Waals surface area contributed by atoms with E-state index in [9.17, 15) is 0 Å². The second kappa shape index (κ2) is 6.72. The van der Waals surface area contributed by atoms with E-state index in [0.717, 1.165) is 31.7 Å². The number of nitrogens with zero attached hydrogens (tertiary/aromatic N) is 2. The summed E-state index contributed by atoms with van der Waals surface area (Å²) in [5, 5.41) is 8.66. The number of likely N-dealkylation sites (N-methyl/N-ethyl adjacent to an activating group) is 1. The highest BCUT2D eigenvalue weighted by molar-refractivity contribution is 5.36. The topological polar surface area (TPSA) is 26.7 Å². The van der Waals surface area contributed by atoms with Crippen molar-refractivity contribution in [2.45, 2.75) is 19.5 Å². The van der Waals surface area contributed by atoms with Crippen molar-refractivity contribution in [3.05, 3.63) is 35.4 Å². The molecular formula is C16H22N2O. The zero-order valence-corrected chi connectivity index (χ0v) is 11.8. The molecule has 1 unspecified atom stereocenters. The lowest BCUT2D eigenvalue weighted by molar-refractivity contribution is 0.1000. The fraction of sp³-hybridized carbons (Fsp3) is 0.500. The summed E-state index contributed by atoms with van der Waals surface area (Å²) >= 11 is 0. The van der Waals surface area contributed by atoms with Gasteiger partial charge in [-0.05, 0) is 31.7 Å². The van der Waals surface area contributed by atoms with Gasteiger partial charge in [0.05, 0.1) is 0 Å². The van der Waals surface area contributed by atoms with Gasteiger partial charge in [-0.2, -0.15) is 0 Å². The maximum Gasteiger partial charge on any atom is 0.104 e. The first-order valence-electron chi connectivity index (χ1n) is 6.80. The highest BCUT2D eigenvalue weighted by atomic mass is 16.2. The van der Waals surface area contributed by atoms with Gasteiger partial charge in [0, 0.05) is 37.8 Å². The maximum atomic E-state index is 8.66. The molecule has 0 radical (unpaired) electrons. The number of piperazine rings is 1. The summed E-state index contributed by atoms with van der Waals surface area (Å²) in [7, 11) is 2.19. The predicted octanol–water partition coefficient (Wildman–Crippen LogP) is 1.17. The summed E-state index contributed by atoms with van der Waals surface area (Å²) < 4.78 is 0. The molecule has 1 heterocycles. The van der Waals surface area contributed by atoms with Gasteiger partial charge in [-0.1, -0.05) is 24.0 Å². The van der Waals surface area contributed by atoms with Crippen LogP contribution < -0.4 is 0 Å². The van der Waals surface area contributed by atoms with E-state index in [2.05, 4.69) is 47.7 Å². The molecule has 0 bridgehead atoms. The van der Waals surface area contributed by atoms with E-state index in [4.69, 9.17) is 5.11 Å². The summed E-state index contributed by atoms with van der Waals surface area (Å²) in [6.07, 6.45) is 0. The number of hydrogen-bond acceptors (Lipinski definition) is 3. The quantitative estimate of drug-likeness (QED) is 0.807. The van der Waals surface area contributed by atoms with Crippen LogP contribution in [0.4, 0.5) is 0 Å². The third kappa shape index (κ3) is 4.07. The Bertz CT molecular complexity index is 458. The van der Waals surface area contributed by atoms with Crippen LogP contribution in [0.15, 0.2) is 24.3 Å². The Kier molecular flexibility index (Phi) is 4.98. The normalized spacial score (nSPS) is 20.9. The Morgan fingerprint density at radius 2 is 2.00 bits per heavy atom. The lowest BCUT2D eigenvalue weighted by Gasteiger charge is -2.37. The van der Waals surface area contributed by atoms with Crippen LogP contribution in [0.1, 0.15) is 18.1 Å². The molecule has 0 aliphatic carbocycles. The fourth-order valence-corrected chi connectivity index (χ4v) is 2.36.